The van der Waals surface area contributed by atoms with E-state index in [1.807, 2.05) is 91.2 Å². The van der Waals surface area contributed by atoms with Crippen LogP contribution in [0, 0.1) is 0 Å². The summed E-state index contributed by atoms with van der Waals surface area (Å²) in [5, 5.41) is 10.6. The van der Waals surface area contributed by atoms with Gasteiger partial charge in [0.2, 0.25) is 0 Å². The summed E-state index contributed by atoms with van der Waals surface area (Å²) in [5.74, 6) is 0. The summed E-state index contributed by atoms with van der Waals surface area (Å²) in [6, 6.07) is 5.70. The Hall–Kier alpha value is -3.25. The van der Waals surface area contributed by atoms with Crippen molar-refractivity contribution in [1.29, 1.82) is 0 Å². The van der Waals surface area contributed by atoms with Gasteiger partial charge in [0.25, 0.3) is 0 Å². The molecule has 6 nitrogen and oxygen atoms in total. The number of nitrogens with one attached hydrogen (secondary N) is 2. The number of aromatic nitrogens is 4. The standard InChI is InChI=1S/C12H10N4O.C9H15N.2C2H6/c1-16-10(7-17)4-8-2-3-11(15-12(8)16)9-5-13-14-6-9;1-4-5-6-7-9(2)8-10-3;2*1-2/h2-7H,1H3,(H,13,14);4-7,10H,2,8H2,1,3H3;2*1-2H3/b;5-4-,7-6-;;. The van der Waals surface area contributed by atoms with Crippen molar-refractivity contribution in [3.63, 3.8) is 0 Å². The molecule has 3 heterocycles. The Morgan fingerprint density at radius 1 is 1.23 bits per heavy atom. The number of aldehydes is 1. The summed E-state index contributed by atoms with van der Waals surface area (Å²) in [6.45, 7) is 14.7. The van der Waals surface area contributed by atoms with E-state index in [0.29, 0.717) is 5.69 Å². The Labute approximate surface area is 186 Å². The SMILES string of the molecule is C=C(/C=C\C=C/C)CNC.CC.CC.Cn1c(C=O)cc2ccc(-c3cn[nH]c3)nc21. The normalized spacial score (nSPS) is 10.0. The Bertz CT molecular complexity index is 950. The third-order valence-electron chi connectivity index (χ3n) is 3.87. The van der Waals surface area contributed by atoms with Crippen LogP contribution in [0.2, 0.25) is 0 Å². The lowest BCUT2D eigenvalue weighted by molar-refractivity contribution is 0.111. The van der Waals surface area contributed by atoms with Crippen LogP contribution < -0.4 is 5.32 Å². The number of rotatable bonds is 6. The van der Waals surface area contributed by atoms with Gasteiger partial charge in [0.1, 0.15) is 5.65 Å². The first-order valence-corrected chi connectivity index (χ1v) is 10.6. The minimum atomic E-state index is 0.622. The minimum absolute atomic E-state index is 0.622. The molecule has 0 spiro atoms. The van der Waals surface area contributed by atoms with Crippen molar-refractivity contribution in [1.82, 2.24) is 25.1 Å². The van der Waals surface area contributed by atoms with E-state index in [2.05, 4.69) is 27.1 Å². The van der Waals surface area contributed by atoms with Gasteiger partial charge in [0.05, 0.1) is 17.6 Å². The summed E-state index contributed by atoms with van der Waals surface area (Å²) in [4.78, 5) is 15.4. The molecule has 0 aliphatic carbocycles. The fourth-order valence-electron chi connectivity index (χ4n) is 2.47. The van der Waals surface area contributed by atoms with Gasteiger partial charge in [-0.05, 0) is 37.7 Å². The van der Waals surface area contributed by atoms with Crippen molar-refractivity contribution in [2.75, 3.05) is 13.6 Å². The lowest BCUT2D eigenvalue weighted by atomic mass is 10.2. The van der Waals surface area contributed by atoms with Crippen LogP contribution >= 0.6 is 0 Å². The van der Waals surface area contributed by atoms with Crippen molar-refractivity contribution < 1.29 is 4.79 Å². The van der Waals surface area contributed by atoms with E-state index >= 15 is 0 Å². The summed E-state index contributed by atoms with van der Waals surface area (Å²) < 4.78 is 1.78. The number of carbonyl (C=O) groups is 1. The zero-order valence-electron chi connectivity index (χ0n) is 19.9. The van der Waals surface area contributed by atoms with Gasteiger partial charge in [0, 0.05) is 30.7 Å². The number of nitrogens with zero attached hydrogens (tertiary/aromatic N) is 3. The van der Waals surface area contributed by atoms with Crippen LogP contribution in [0.5, 0.6) is 0 Å². The average molecular weight is 424 g/mol. The maximum atomic E-state index is 10.8. The van der Waals surface area contributed by atoms with Crippen LogP contribution in [0.4, 0.5) is 0 Å². The second-order valence-electron chi connectivity index (χ2n) is 5.92. The number of allylic oxidation sites excluding steroid dienone is 3. The quantitative estimate of drug-likeness (QED) is 0.392. The molecule has 0 fully saturated rings. The maximum Gasteiger partial charge on any atom is 0.166 e. The van der Waals surface area contributed by atoms with Crippen molar-refractivity contribution in [3.05, 3.63) is 72.7 Å². The molecule has 2 N–H and O–H groups in total. The molecular weight excluding hydrogens is 386 g/mol. The molecule has 0 aromatic carbocycles. The molecule has 0 unspecified atom stereocenters. The summed E-state index contributed by atoms with van der Waals surface area (Å²) in [7, 11) is 3.74. The Morgan fingerprint density at radius 3 is 2.48 bits per heavy atom. The highest BCUT2D eigenvalue weighted by Gasteiger charge is 2.08. The van der Waals surface area contributed by atoms with Crippen LogP contribution in [-0.2, 0) is 7.05 Å². The molecule has 0 atom stereocenters. The topological polar surface area (TPSA) is 75.6 Å². The van der Waals surface area contributed by atoms with Crippen molar-refractivity contribution in [2.24, 2.45) is 7.05 Å². The molecule has 3 rings (SSSR count). The highest BCUT2D eigenvalue weighted by molar-refractivity contribution is 5.87. The lowest BCUT2D eigenvalue weighted by Crippen LogP contribution is -2.08. The molecule has 0 radical (unpaired) electrons. The highest BCUT2D eigenvalue weighted by atomic mass is 16.1. The van der Waals surface area contributed by atoms with Gasteiger partial charge < -0.3 is 9.88 Å². The number of aromatic amines is 1. The molecule has 3 aromatic rings. The van der Waals surface area contributed by atoms with Crippen LogP contribution in [0.3, 0.4) is 0 Å². The molecule has 31 heavy (non-hydrogen) atoms. The molecule has 6 heteroatoms. The highest BCUT2D eigenvalue weighted by Crippen LogP contribution is 2.21. The number of hydrogen-bond acceptors (Lipinski definition) is 4. The number of H-pyrrole nitrogens is 1. The third kappa shape index (κ3) is 8.97. The molecule has 0 aliphatic rings. The Balaban J connectivity index is 0.000000556. The van der Waals surface area contributed by atoms with E-state index in [1.54, 1.807) is 17.0 Å². The molecule has 0 aliphatic heterocycles. The van der Waals surface area contributed by atoms with Gasteiger partial charge in [0.15, 0.2) is 6.29 Å². The molecule has 0 bridgehead atoms. The number of aryl methyl sites for hydroxylation is 1. The molecule has 3 aromatic heterocycles. The second kappa shape index (κ2) is 16.5. The lowest BCUT2D eigenvalue weighted by Gasteiger charge is -2.00. The second-order valence-corrected chi connectivity index (χ2v) is 5.92. The maximum absolute atomic E-state index is 10.8. The predicted molar refractivity (Wildman–Crippen MR) is 133 cm³/mol. The molecular formula is C25H37N5O. The first-order valence-electron chi connectivity index (χ1n) is 10.6. The minimum Gasteiger partial charge on any atom is -0.326 e. The number of pyridine rings is 1. The smallest absolute Gasteiger partial charge is 0.166 e. The van der Waals surface area contributed by atoms with E-state index in [0.717, 1.165) is 40.7 Å². The van der Waals surface area contributed by atoms with Gasteiger partial charge in [-0.2, -0.15) is 5.10 Å². The van der Waals surface area contributed by atoms with E-state index < -0.39 is 0 Å². The molecule has 0 amide bonds. The number of hydrogen-bond donors (Lipinski definition) is 2. The fraction of sp³-hybridized carbons (Fsp3) is 0.320. The monoisotopic (exact) mass is 423 g/mol. The van der Waals surface area contributed by atoms with Gasteiger partial charge in [-0.15, -0.1) is 0 Å². The van der Waals surface area contributed by atoms with Gasteiger partial charge >= 0.3 is 0 Å². The average Bonchev–Trinajstić information content (AvgIpc) is 3.45. The molecule has 0 saturated heterocycles. The first kappa shape index (κ1) is 27.8. The van der Waals surface area contributed by atoms with Crippen LogP contribution in [-0.4, -0.2) is 39.6 Å². The van der Waals surface area contributed by atoms with E-state index in [4.69, 9.17) is 0 Å². The molecule has 168 valence electrons. The van der Waals surface area contributed by atoms with E-state index in [9.17, 15) is 4.79 Å². The van der Waals surface area contributed by atoms with Crippen LogP contribution in [0.25, 0.3) is 22.3 Å². The third-order valence-corrected chi connectivity index (χ3v) is 3.87. The summed E-state index contributed by atoms with van der Waals surface area (Å²) in [5.41, 5.74) is 4.29. The number of likely N-dealkylation sites (N-methyl/N-ethyl adjacent to an activating group) is 1. The van der Waals surface area contributed by atoms with Crippen molar-refractivity contribution in [3.8, 4) is 11.3 Å². The van der Waals surface area contributed by atoms with Crippen LogP contribution in [0.15, 0.2) is 67.0 Å². The van der Waals surface area contributed by atoms with Gasteiger partial charge in [-0.25, -0.2) is 4.98 Å². The zero-order valence-corrected chi connectivity index (χ0v) is 19.9. The number of carbonyl (C=O) groups excluding carboxylic acids is 1. The van der Waals surface area contributed by atoms with Crippen molar-refractivity contribution in [2.45, 2.75) is 34.6 Å². The first-order chi connectivity index (χ1) is 15.1. The fourth-order valence-corrected chi connectivity index (χ4v) is 2.47. The summed E-state index contributed by atoms with van der Waals surface area (Å²) in [6.07, 6.45) is 12.3. The predicted octanol–water partition coefficient (Wildman–Crippen LogP) is 5.72. The van der Waals surface area contributed by atoms with Crippen molar-refractivity contribution >= 4 is 17.3 Å². The largest absolute Gasteiger partial charge is 0.326 e. The van der Waals surface area contributed by atoms with Gasteiger partial charge in [-0.3, -0.25) is 9.89 Å². The van der Waals surface area contributed by atoms with Crippen LogP contribution in [0.1, 0.15) is 45.1 Å². The Kier molecular flexibility index (Phi) is 14.8. The van der Waals surface area contributed by atoms with E-state index in [1.165, 1.54) is 0 Å². The summed E-state index contributed by atoms with van der Waals surface area (Å²) >= 11 is 0. The van der Waals surface area contributed by atoms with Gasteiger partial charge in [-0.1, -0.05) is 58.6 Å². The zero-order chi connectivity index (χ0) is 23.6. The Morgan fingerprint density at radius 2 is 1.94 bits per heavy atom. The molecule has 0 saturated carbocycles. The number of fused-ring (bicyclic) bond motifs is 1. The van der Waals surface area contributed by atoms with E-state index in [-0.39, 0.29) is 0 Å².